The minimum absolute atomic E-state index is 0.0188. The number of hydrogen-bond acceptors (Lipinski definition) is 4. The molecule has 98 valence electrons. The summed E-state index contributed by atoms with van der Waals surface area (Å²) in [6, 6.07) is 4.08. The van der Waals surface area contributed by atoms with Gasteiger partial charge < -0.3 is 10.4 Å². The first-order valence-corrected chi connectivity index (χ1v) is 6.60. The van der Waals surface area contributed by atoms with Crippen molar-refractivity contribution >= 4 is 23.5 Å². The van der Waals surface area contributed by atoms with Gasteiger partial charge in [0.2, 0.25) is 0 Å². The smallest absolute Gasteiger partial charge is 0.405 e. The maximum Gasteiger partial charge on any atom is 0.405 e. The van der Waals surface area contributed by atoms with Gasteiger partial charge in [-0.1, -0.05) is 0 Å². The molecule has 1 unspecified atom stereocenters. The number of amides is 1. The van der Waals surface area contributed by atoms with Crippen LogP contribution in [0.15, 0.2) is 18.2 Å². The Morgan fingerprint density at radius 3 is 2.78 bits per heavy atom. The van der Waals surface area contributed by atoms with Crippen molar-refractivity contribution in [2.45, 2.75) is 18.7 Å². The van der Waals surface area contributed by atoms with Crippen LogP contribution in [0.25, 0.3) is 0 Å². The van der Waals surface area contributed by atoms with E-state index in [-0.39, 0.29) is 5.69 Å². The molecule has 0 aromatic heterocycles. The lowest BCUT2D eigenvalue weighted by Gasteiger charge is -2.15. The molecule has 1 amide bonds. The molecule has 0 aliphatic heterocycles. The van der Waals surface area contributed by atoms with Gasteiger partial charge in [0.25, 0.3) is 5.69 Å². The number of benzene rings is 1. The first-order valence-electron chi connectivity index (χ1n) is 5.21. The normalized spacial score (nSPS) is 11.9. The molecule has 0 saturated heterocycles. The second-order valence-corrected chi connectivity index (χ2v) is 4.61. The monoisotopic (exact) mass is 270 g/mol. The van der Waals surface area contributed by atoms with Gasteiger partial charge in [0.05, 0.1) is 11.0 Å². The van der Waals surface area contributed by atoms with Crippen LogP contribution in [0.3, 0.4) is 0 Å². The van der Waals surface area contributed by atoms with Crippen molar-refractivity contribution in [1.82, 2.24) is 5.32 Å². The molecule has 0 bridgehead atoms. The Kier molecular flexibility index (Phi) is 4.96. The Morgan fingerprint density at radius 2 is 2.28 bits per heavy atom. The van der Waals surface area contributed by atoms with Crippen molar-refractivity contribution < 1.29 is 14.8 Å². The predicted octanol–water partition coefficient (Wildman–Crippen LogP) is 2.79. The average molecular weight is 270 g/mol. The summed E-state index contributed by atoms with van der Waals surface area (Å²) in [7, 11) is 0. The molecule has 7 heteroatoms. The standard InChI is InChI=1S/C11H14N2O4S/c1-7(12-11(14)15)10-4-3-9(13(16)17)5-8(10)6-18-2/h3-5,7,12H,6H2,1-2H3,(H,14,15). The highest BCUT2D eigenvalue weighted by Gasteiger charge is 2.16. The average Bonchev–Trinajstić information content (AvgIpc) is 2.28. The molecule has 1 aromatic rings. The fourth-order valence-corrected chi connectivity index (χ4v) is 2.23. The van der Waals surface area contributed by atoms with E-state index in [2.05, 4.69) is 5.32 Å². The SMILES string of the molecule is CSCc1cc([N+](=O)[O-])ccc1C(C)NC(=O)O. The number of hydrogen-bond donors (Lipinski definition) is 2. The van der Waals surface area contributed by atoms with Gasteiger partial charge in [-0.05, 0) is 30.4 Å². The second-order valence-electron chi connectivity index (χ2n) is 3.74. The topological polar surface area (TPSA) is 92.5 Å². The van der Waals surface area contributed by atoms with Crippen LogP contribution >= 0.6 is 11.8 Å². The molecule has 0 aliphatic rings. The molecule has 0 saturated carbocycles. The van der Waals surface area contributed by atoms with Crippen molar-refractivity contribution in [2.24, 2.45) is 0 Å². The zero-order chi connectivity index (χ0) is 13.7. The lowest BCUT2D eigenvalue weighted by molar-refractivity contribution is -0.384. The molecule has 0 aliphatic carbocycles. The number of carboxylic acid groups (broad SMARTS) is 1. The van der Waals surface area contributed by atoms with Crippen LogP contribution in [0.2, 0.25) is 0 Å². The Balaban J connectivity index is 3.09. The highest BCUT2D eigenvalue weighted by Crippen LogP contribution is 2.25. The van der Waals surface area contributed by atoms with E-state index < -0.39 is 17.1 Å². The van der Waals surface area contributed by atoms with Gasteiger partial charge in [-0.25, -0.2) is 4.79 Å². The van der Waals surface area contributed by atoms with E-state index in [0.717, 1.165) is 11.1 Å². The molecule has 1 rings (SSSR count). The largest absolute Gasteiger partial charge is 0.465 e. The number of carbonyl (C=O) groups is 1. The van der Waals surface area contributed by atoms with Gasteiger partial charge in [-0.3, -0.25) is 10.1 Å². The molecule has 0 fully saturated rings. The van der Waals surface area contributed by atoms with Gasteiger partial charge in [-0.2, -0.15) is 11.8 Å². The quantitative estimate of drug-likeness (QED) is 0.634. The first-order chi connectivity index (χ1) is 8.45. The van der Waals surface area contributed by atoms with Crippen molar-refractivity contribution in [3.63, 3.8) is 0 Å². The summed E-state index contributed by atoms with van der Waals surface area (Å²) in [6.07, 6.45) is 0.772. The van der Waals surface area contributed by atoms with Crippen molar-refractivity contribution in [2.75, 3.05) is 6.26 Å². The van der Waals surface area contributed by atoms with Crippen LogP contribution in [0.1, 0.15) is 24.1 Å². The zero-order valence-corrected chi connectivity index (χ0v) is 10.9. The van der Waals surface area contributed by atoms with E-state index in [1.165, 1.54) is 23.9 Å². The van der Waals surface area contributed by atoms with Crippen LogP contribution in [0, 0.1) is 10.1 Å². The molecule has 18 heavy (non-hydrogen) atoms. The number of nitrogens with one attached hydrogen (secondary N) is 1. The molecule has 0 spiro atoms. The van der Waals surface area contributed by atoms with Crippen LogP contribution in [0.5, 0.6) is 0 Å². The minimum atomic E-state index is -1.11. The number of nitro groups is 1. The summed E-state index contributed by atoms with van der Waals surface area (Å²) >= 11 is 1.53. The Bertz CT molecular complexity index is 464. The minimum Gasteiger partial charge on any atom is -0.465 e. The van der Waals surface area contributed by atoms with Crippen molar-refractivity contribution in [3.05, 3.63) is 39.4 Å². The van der Waals surface area contributed by atoms with Crippen LogP contribution in [-0.4, -0.2) is 22.4 Å². The summed E-state index contributed by atoms with van der Waals surface area (Å²) in [6.45, 7) is 1.71. The second kappa shape index (κ2) is 6.25. The summed E-state index contributed by atoms with van der Waals surface area (Å²) in [5.41, 5.74) is 1.56. The van der Waals surface area contributed by atoms with Gasteiger partial charge in [0.15, 0.2) is 0 Å². The van der Waals surface area contributed by atoms with Crippen LogP contribution in [-0.2, 0) is 5.75 Å². The number of non-ortho nitro benzene ring substituents is 1. The van der Waals surface area contributed by atoms with Crippen LogP contribution in [0.4, 0.5) is 10.5 Å². The Labute approximate surface area is 109 Å². The molecule has 0 radical (unpaired) electrons. The Morgan fingerprint density at radius 1 is 1.61 bits per heavy atom. The van der Waals surface area contributed by atoms with Gasteiger partial charge in [0.1, 0.15) is 0 Å². The third-order valence-electron chi connectivity index (χ3n) is 2.44. The lowest BCUT2D eigenvalue weighted by atomic mass is 10.0. The molecule has 1 aromatic carbocycles. The van der Waals surface area contributed by atoms with Gasteiger partial charge in [-0.15, -0.1) is 0 Å². The molecule has 2 N–H and O–H groups in total. The summed E-state index contributed by atoms with van der Waals surface area (Å²) in [4.78, 5) is 20.9. The third kappa shape index (κ3) is 3.63. The van der Waals surface area contributed by atoms with E-state index >= 15 is 0 Å². The van der Waals surface area contributed by atoms with E-state index in [9.17, 15) is 14.9 Å². The molecular weight excluding hydrogens is 256 g/mol. The van der Waals surface area contributed by atoms with E-state index in [1.807, 2.05) is 6.26 Å². The fraction of sp³-hybridized carbons (Fsp3) is 0.364. The molecule has 6 nitrogen and oxygen atoms in total. The van der Waals surface area contributed by atoms with Gasteiger partial charge >= 0.3 is 6.09 Å². The third-order valence-corrected chi connectivity index (χ3v) is 3.04. The lowest BCUT2D eigenvalue weighted by Crippen LogP contribution is -2.25. The number of rotatable bonds is 5. The van der Waals surface area contributed by atoms with E-state index in [0.29, 0.717) is 5.75 Å². The van der Waals surface area contributed by atoms with Gasteiger partial charge in [0, 0.05) is 17.9 Å². The first kappa shape index (κ1) is 14.3. The highest BCUT2D eigenvalue weighted by molar-refractivity contribution is 7.97. The number of nitrogens with zero attached hydrogens (tertiary/aromatic N) is 1. The van der Waals surface area contributed by atoms with E-state index in [1.54, 1.807) is 13.0 Å². The zero-order valence-electron chi connectivity index (χ0n) is 10.0. The van der Waals surface area contributed by atoms with Crippen LogP contribution < -0.4 is 5.32 Å². The fourth-order valence-electron chi connectivity index (χ4n) is 1.67. The highest BCUT2D eigenvalue weighted by atomic mass is 32.2. The van der Waals surface area contributed by atoms with Crippen molar-refractivity contribution in [3.8, 4) is 0 Å². The van der Waals surface area contributed by atoms with Crippen molar-refractivity contribution in [1.29, 1.82) is 0 Å². The maximum atomic E-state index is 10.7. The summed E-state index contributed by atoms with van der Waals surface area (Å²) in [5, 5.41) is 21.7. The number of nitro benzene ring substituents is 1. The maximum absolute atomic E-state index is 10.7. The summed E-state index contributed by atoms with van der Waals surface area (Å²) in [5.74, 6) is 0.600. The van der Waals surface area contributed by atoms with E-state index in [4.69, 9.17) is 5.11 Å². The molecule has 1 atom stereocenters. The predicted molar refractivity (Wildman–Crippen MR) is 69.9 cm³/mol. The molecule has 0 heterocycles. The summed E-state index contributed by atoms with van der Waals surface area (Å²) < 4.78 is 0. The Hall–Kier alpha value is -1.76. The molecular formula is C11H14N2O4S. The number of thioether (sulfide) groups is 1.